The minimum atomic E-state index is -0.201. The van der Waals surface area contributed by atoms with E-state index in [4.69, 9.17) is 9.15 Å². The van der Waals surface area contributed by atoms with Crippen LogP contribution in [0.2, 0.25) is 0 Å². The van der Waals surface area contributed by atoms with Gasteiger partial charge in [-0.25, -0.2) is 0 Å². The molecule has 3 heterocycles. The zero-order valence-electron chi connectivity index (χ0n) is 16.2. The fourth-order valence-electron chi connectivity index (χ4n) is 4.31. The molecule has 0 aliphatic carbocycles. The number of furan rings is 1. The molecule has 148 valence electrons. The van der Waals surface area contributed by atoms with Crippen LogP contribution >= 0.6 is 0 Å². The molecule has 0 radical (unpaired) electrons. The minimum Gasteiger partial charge on any atom is -0.872 e. The zero-order chi connectivity index (χ0) is 19.8. The Kier molecular flexibility index (Phi) is 4.60. The fraction of sp³-hybridized carbons (Fsp3) is 0.292. The van der Waals surface area contributed by atoms with E-state index in [1.165, 1.54) is 36.6 Å². The maximum Gasteiger partial charge on any atom is 0.232 e. The number of carbonyl (C=O) groups is 1. The third-order valence-electron chi connectivity index (χ3n) is 5.85. The van der Waals surface area contributed by atoms with Gasteiger partial charge in [-0.3, -0.25) is 4.79 Å². The summed E-state index contributed by atoms with van der Waals surface area (Å²) >= 11 is 0. The lowest BCUT2D eigenvalue weighted by Crippen LogP contribution is -3.10. The van der Waals surface area contributed by atoms with Crippen molar-refractivity contribution in [2.75, 3.05) is 13.1 Å². The van der Waals surface area contributed by atoms with Gasteiger partial charge in [0.2, 0.25) is 5.78 Å². The summed E-state index contributed by atoms with van der Waals surface area (Å²) in [5.74, 6) is 0.939. The van der Waals surface area contributed by atoms with Crippen molar-refractivity contribution in [3.8, 4) is 11.5 Å². The van der Waals surface area contributed by atoms with Crippen LogP contribution < -0.4 is 14.7 Å². The van der Waals surface area contributed by atoms with Gasteiger partial charge in [0.05, 0.1) is 18.7 Å². The lowest BCUT2D eigenvalue weighted by molar-refractivity contribution is -0.913. The van der Waals surface area contributed by atoms with Gasteiger partial charge < -0.3 is 19.2 Å². The second kappa shape index (κ2) is 7.41. The summed E-state index contributed by atoms with van der Waals surface area (Å²) in [4.78, 5) is 14.3. The number of hydrogen-bond donors (Lipinski definition) is 1. The van der Waals surface area contributed by atoms with Crippen LogP contribution in [0.5, 0.6) is 11.5 Å². The predicted octanol–water partition coefficient (Wildman–Crippen LogP) is 3.08. The van der Waals surface area contributed by atoms with Crippen LogP contribution in [0.4, 0.5) is 0 Å². The molecule has 2 aliphatic heterocycles. The lowest BCUT2D eigenvalue weighted by Gasteiger charge is -2.22. The number of carbonyl (C=O) groups excluding carboxylic acids is 1. The zero-order valence-corrected chi connectivity index (χ0v) is 16.2. The van der Waals surface area contributed by atoms with E-state index >= 15 is 0 Å². The number of nitrogens with one attached hydrogen (secondary N) is 1. The largest absolute Gasteiger partial charge is 0.872 e. The number of quaternary nitrogens is 1. The van der Waals surface area contributed by atoms with Crippen LogP contribution in [0, 0.1) is 0 Å². The number of ether oxygens (including phenoxy) is 1. The molecule has 0 bridgehead atoms. The molecule has 0 saturated carbocycles. The van der Waals surface area contributed by atoms with E-state index < -0.39 is 0 Å². The number of para-hydroxylation sites is 1. The first-order valence-corrected chi connectivity index (χ1v) is 10.3. The van der Waals surface area contributed by atoms with Gasteiger partial charge in [-0.05, 0) is 43.9 Å². The number of likely N-dealkylation sites (tertiary alicyclic amines) is 1. The fourth-order valence-corrected chi connectivity index (χ4v) is 4.31. The molecule has 3 aromatic rings. The molecule has 29 heavy (non-hydrogen) atoms. The summed E-state index contributed by atoms with van der Waals surface area (Å²) < 4.78 is 11.7. The number of fused-ring (bicyclic) bond motifs is 2. The Hall–Kier alpha value is -3.05. The highest BCUT2D eigenvalue weighted by Gasteiger charge is 2.31. The molecule has 5 nitrogen and oxygen atoms in total. The molecular formula is C24H23NO4. The Morgan fingerprint density at radius 3 is 2.62 bits per heavy atom. The molecule has 1 N–H and O–H groups in total. The maximum atomic E-state index is 12.9. The molecule has 0 atom stereocenters. The van der Waals surface area contributed by atoms with E-state index in [1.807, 2.05) is 30.3 Å². The highest BCUT2D eigenvalue weighted by atomic mass is 16.5. The molecular weight excluding hydrogens is 366 g/mol. The molecule has 5 heteroatoms. The Balaban J connectivity index is 1.46. The Morgan fingerprint density at radius 2 is 1.83 bits per heavy atom. The van der Waals surface area contributed by atoms with Gasteiger partial charge in [-0.1, -0.05) is 30.0 Å². The standard InChI is InChI=1S/C24H23NO4/c26-20-10-9-18-23(27)22(14-17-13-16-7-3-4-8-21(16)28-17)29-24(18)19(20)15-25-11-5-1-2-6-12-25/h3-4,7-10,13-14,26H,1-2,5-6,11-12,15H2. The molecule has 0 unspecified atom stereocenters. The SMILES string of the molecule is O=C1C(=Cc2cc3ccccc3o2)Oc2c1ccc([O-])c2C[NH+]1CCCCCC1. The molecule has 2 aliphatic rings. The quantitative estimate of drug-likeness (QED) is 0.699. The van der Waals surface area contributed by atoms with E-state index in [0.717, 1.165) is 24.1 Å². The van der Waals surface area contributed by atoms with Crippen molar-refractivity contribution in [2.45, 2.75) is 32.2 Å². The topological polar surface area (TPSA) is 66.9 Å². The monoisotopic (exact) mass is 389 g/mol. The second-order valence-corrected chi connectivity index (χ2v) is 7.89. The first-order valence-electron chi connectivity index (χ1n) is 10.3. The minimum absolute atomic E-state index is 0.0571. The summed E-state index contributed by atoms with van der Waals surface area (Å²) in [5, 5.41) is 13.6. The van der Waals surface area contributed by atoms with E-state index in [-0.39, 0.29) is 17.3 Å². The number of allylic oxidation sites excluding steroid dienone is 1. The van der Waals surface area contributed by atoms with Crippen molar-refractivity contribution in [3.05, 3.63) is 65.1 Å². The Morgan fingerprint density at radius 1 is 1.03 bits per heavy atom. The van der Waals surface area contributed by atoms with Gasteiger partial charge in [-0.15, -0.1) is 0 Å². The summed E-state index contributed by atoms with van der Waals surface area (Å²) in [6.07, 6.45) is 6.47. The number of benzene rings is 2. The van der Waals surface area contributed by atoms with Crippen molar-refractivity contribution in [2.24, 2.45) is 0 Å². The van der Waals surface area contributed by atoms with Crippen LogP contribution in [-0.2, 0) is 6.54 Å². The Bertz CT molecular complexity index is 1070. The van der Waals surface area contributed by atoms with Crippen molar-refractivity contribution in [3.63, 3.8) is 0 Å². The van der Waals surface area contributed by atoms with Crippen molar-refractivity contribution in [1.82, 2.24) is 0 Å². The van der Waals surface area contributed by atoms with Crippen LogP contribution in [-0.4, -0.2) is 18.9 Å². The summed E-state index contributed by atoms with van der Waals surface area (Å²) in [5.41, 5.74) is 1.84. The van der Waals surface area contributed by atoms with Gasteiger partial charge in [0.15, 0.2) is 5.76 Å². The average molecular weight is 389 g/mol. The van der Waals surface area contributed by atoms with E-state index in [2.05, 4.69) is 0 Å². The maximum absolute atomic E-state index is 12.9. The highest BCUT2D eigenvalue weighted by Crippen LogP contribution is 2.38. The molecule has 1 aromatic heterocycles. The van der Waals surface area contributed by atoms with E-state index in [1.54, 1.807) is 12.1 Å². The first-order chi connectivity index (χ1) is 14.2. The van der Waals surface area contributed by atoms with Gasteiger partial charge >= 0.3 is 0 Å². The number of ketones is 1. The van der Waals surface area contributed by atoms with Crippen LogP contribution in [0.15, 0.2) is 52.6 Å². The van der Waals surface area contributed by atoms with Crippen molar-refractivity contribution in [1.29, 1.82) is 0 Å². The molecule has 0 amide bonds. The Labute approximate surface area is 169 Å². The first kappa shape index (κ1) is 18.0. The van der Waals surface area contributed by atoms with Gasteiger partial charge in [0, 0.05) is 17.0 Å². The van der Waals surface area contributed by atoms with Crippen LogP contribution in [0.25, 0.3) is 17.0 Å². The third kappa shape index (κ3) is 3.42. The molecule has 2 aromatic carbocycles. The number of hydrogen-bond acceptors (Lipinski definition) is 4. The summed E-state index contributed by atoms with van der Waals surface area (Å²) in [6.45, 7) is 2.71. The smallest absolute Gasteiger partial charge is 0.232 e. The normalized spacial score (nSPS) is 18.8. The third-order valence-corrected chi connectivity index (χ3v) is 5.85. The van der Waals surface area contributed by atoms with Gasteiger partial charge in [-0.2, -0.15) is 0 Å². The van der Waals surface area contributed by atoms with Gasteiger partial charge in [0.25, 0.3) is 0 Å². The molecule has 0 spiro atoms. The van der Waals surface area contributed by atoms with Crippen molar-refractivity contribution >= 4 is 22.8 Å². The van der Waals surface area contributed by atoms with Crippen molar-refractivity contribution < 1.29 is 24.0 Å². The van der Waals surface area contributed by atoms with Crippen LogP contribution in [0.1, 0.15) is 47.4 Å². The van der Waals surface area contributed by atoms with Crippen LogP contribution in [0.3, 0.4) is 0 Å². The van der Waals surface area contributed by atoms with E-state index in [0.29, 0.717) is 29.2 Å². The second-order valence-electron chi connectivity index (χ2n) is 7.89. The summed E-state index contributed by atoms with van der Waals surface area (Å²) in [7, 11) is 0. The molecule has 5 rings (SSSR count). The summed E-state index contributed by atoms with van der Waals surface area (Å²) in [6, 6.07) is 12.6. The lowest BCUT2D eigenvalue weighted by atomic mass is 10.0. The number of rotatable bonds is 3. The predicted molar refractivity (Wildman–Crippen MR) is 108 cm³/mol. The van der Waals surface area contributed by atoms with Gasteiger partial charge in [0.1, 0.15) is 23.6 Å². The average Bonchev–Trinajstić information content (AvgIpc) is 3.15. The molecule has 1 fully saturated rings. The highest BCUT2D eigenvalue weighted by molar-refractivity contribution is 6.14. The molecule has 1 saturated heterocycles. The van der Waals surface area contributed by atoms with E-state index in [9.17, 15) is 9.90 Å². The number of Topliss-reactive ketones (excluding diaryl/α,β-unsaturated/α-hetero) is 1.